The lowest BCUT2D eigenvalue weighted by Gasteiger charge is -2.38. The number of amides is 1. The predicted octanol–water partition coefficient (Wildman–Crippen LogP) is 3.60. The summed E-state index contributed by atoms with van der Waals surface area (Å²) in [5, 5.41) is 4.21. The maximum absolute atomic E-state index is 12.6. The van der Waals surface area contributed by atoms with Crippen LogP contribution in [0, 0.1) is 0 Å². The van der Waals surface area contributed by atoms with E-state index in [-0.39, 0.29) is 11.9 Å². The number of halogens is 2. The summed E-state index contributed by atoms with van der Waals surface area (Å²) in [4.78, 5) is 14.4. The molecule has 0 spiro atoms. The SMILES string of the molecule is CN[C@H]1CCCC[C@H]1N(C)C(=O)c1ccc(Cl)c(Cl)c1. The molecule has 0 radical (unpaired) electrons. The van der Waals surface area contributed by atoms with Crippen molar-refractivity contribution in [2.24, 2.45) is 0 Å². The molecule has 0 aliphatic heterocycles. The van der Waals surface area contributed by atoms with Crippen LogP contribution in [-0.4, -0.2) is 37.0 Å². The van der Waals surface area contributed by atoms with Gasteiger partial charge in [0.1, 0.15) is 0 Å². The first-order valence-electron chi connectivity index (χ1n) is 6.94. The Kier molecular flexibility index (Phi) is 5.30. The molecule has 1 N–H and O–H groups in total. The zero-order valence-corrected chi connectivity index (χ0v) is 13.3. The van der Waals surface area contributed by atoms with Gasteiger partial charge in [0.25, 0.3) is 5.91 Å². The normalized spacial score (nSPS) is 22.6. The standard InChI is InChI=1S/C15H20Cl2N2O/c1-18-13-5-3-4-6-14(13)19(2)15(20)10-7-8-11(16)12(17)9-10/h7-9,13-14,18H,3-6H2,1-2H3/t13-,14+/m0/s1. The van der Waals surface area contributed by atoms with E-state index >= 15 is 0 Å². The van der Waals surface area contributed by atoms with E-state index in [2.05, 4.69) is 5.32 Å². The molecule has 0 unspecified atom stereocenters. The highest BCUT2D eigenvalue weighted by Gasteiger charge is 2.30. The molecular formula is C15H20Cl2N2O. The van der Waals surface area contributed by atoms with E-state index in [1.165, 1.54) is 12.8 Å². The van der Waals surface area contributed by atoms with Crippen LogP contribution in [0.3, 0.4) is 0 Å². The summed E-state index contributed by atoms with van der Waals surface area (Å²) in [5.74, 6) is -0.00397. The van der Waals surface area contributed by atoms with Gasteiger partial charge in [-0.1, -0.05) is 36.0 Å². The maximum atomic E-state index is 12.6. The molecule has 20 heavy (non-hydrogen) atoms. The van der Waals surface area contributed by atoms with Crippen molar-refractivity contribution < 1.29 is 4.79 Å². The van der Waals surface area contributed by atoms with Crippen molar-refractivity contribution in [3.8, 4) is 0 Å². The summed E-state index contributed by atoms with van der Waals surface area (Å²) in [7, 11) is 3.83. The van der Waals surface area contributed by atoms with Gasteiger partial charge in [0, 0.05) is 24.7 Å². The van der Waals surface area contributed by atoms with E-state index in [1.54, 1.807) is 18.2 Å². The number of rotatable bonds is 3. The minimum atomic E-state index is -0.00397. The summed E-state index contributed by atoms with van der Waals surface area (Å²) < 4.78 is 0. The van der Waals surface area contributed by atoms with Crippen molar-refractivity contribution in [1.29, 1.82) is 0 Å². The van der Waals surface area contributed by atoms with Gasteiger partial charge in [0.15, 0.2) is 0 Å². The number of hydrogen-bond acceptors (Lipinski definition) is 2. The van der Waals surface area contributed by atoms with Gasteiger partial charge in [-0.15, -0.1) is 0 Å². The third-order valence-electron chi connectivity index (χ3n) is 4.08. The van der Waals surface area contributed by atoms with Crippen molar-refractivity contribution >= 4 is 29.1 Å². The van der Waals surface area contributed by atoms with Crippen LogP contribution in [0.25, 0.3) is 0 Å². The third kappa shape index (κ3) is 3.27. The summed E-state index contributed by atoms with van der Waals surface area (Å²) in [6, 6.07) is 5.63. The van der Waals surface area contributed by atoms with Gasteiger partial charge in [-0.25, -0.2) is 0 Å². The number of benzene rings is 1. The van der Waals surface area contributed by atoms with E-state index in [0.29, 0.717) is 21.7 Å². The van der Waals surface area contributed by atoms with Crippen LogP contribution in [0.1, 0.15) is 36.0 Å². The molecule has 0 bridgehead atoms. The van der Waals surface area contributed by atoms with Crippen LogP contribution < -0.4 is 5.32 Å². The highest BCUT2D eigenvalue weighted by atomic mass is 35.5. The first kappa shape index (κ1) is 15.6. The molecule has 0 saturated heterocycles. The second kappa shape index (κ2) is 6.79. The van der Waals surface area contributed by atoms with Gasteiger partial charge in [0.2, 0.25) is 0 Å². The molecule has 1 saturated carbocycles. The molecule has 1 aromatic rings. The zero-order chi connectivity index (χ0) is 14.7. The van der Waals surface area contributed by atoms with Gasteiger partial charge in [-0.2, -0.15) is 0 Å². The summed E-state index contributed by atoms with van der Waals surface area (Å²) in [6.07, 6.45) is 4.54. The molecule has 2 atom stereocenters. The van der Waals surface area contributed by atoms with Gasteiger partial charge in [-0.3, -0.25) is 4.79 Å². The highest BCUT2D eigenvalue weighted by molar-refractivity contribution is 6.42. The first-order valence-corrected chi connectivity index (χ1v) is 7.69. The Balaban J connectivity index is 2.16. The molecule has 1 aromatic carbocycles. The summed E-state index contributed by atoms with van der Waals surface area (Å²) in [5.41, 5.74) is 0.585. The van der Waals surface area contributed by atoms with Crippen LogP contribution in [0.5, 0.6) is 0 Å². The molecule has 1 fully saturated rings. The second-order valence-corrected chi connectivity index (χ2v) is 6.11. The Bertz CT molecular complexity index is 493. The van der Waals surface area contributed by atoms with E-state index in [4.69, 9.17) is 23.2 Å². The minimum Gasteiger partial charge on any atom is -0.337 e. The van der Waals surface area contributed by atoms with Gasteiger partial charge in [-0.05, 0) is 38.1 Å². The number of carbonyl (C=O) groups excluding carboxylic acids is 1. The minimum absolute atomic E-state index is 0.00397. The lowest BCUT2D eigenvalue weighted by molar-refractivity contribution is 0.0655. The van der Waals surface area contributed by atoms with Crippen molar-refractivity contribution in [1.82, 2.24) is 10.2 Å². The molecule has 0 heterocycles. The Morgan fingerprint density at radius 1 is 1.25 bits per heavy atom. The smallest absolute Gasteiger partial charge is 0.253 e. The molecule has 1 aliphatic rings. The van der Waals surface area contributed by atoms with Crippen molar-refractivity contribution in [2.45, 2.75) is 37.8 Å². The average molecular weight is 315 g/mol. The number of hydrogen-bond donors (Lipinski definition) is 1. The van der Waals surface area contributed by atoms with Crippen LogP contribution in [0.15, 0.2) is 18.2 Å². The predicted molar refractivity (Wildman–Crippen MR) is 83.7 cm³/mol. The first-order chi connectivity index (χ1) is 9.54. The van der Waals surface area contributed by atoms with Crippen LogP contribution in [-0.2, 0) is 0 Å². The van der Waals surface area contributed by atoms with E-state index in [9.17, 15) is 4.79 Å². The topological polar surface area (TPSA) is 32.3 Å². The summed E-state index contributed by atoms with van der Waals surface area (Å²) in [6.45, 7) is 0. The number of nitrogens with zero attached hydrogens (tertiary/aromatic N) is 1. The molecule has 3 nitrogen and oxygen atoms in total. The Labute approximate surface area is 130 Å². The number of nitrogens with one attached hydrogen (secondary N) is 1. The quantitative estimate of drug-likeness (QED) is 0.924. The number of carbonyl (C=O) groups is 1. The molecule has 0 aromatic heterocycles. The molecule has 1 amide bonds. The monoisotopic (exact) mass is 314 g/mol. The van der Waals surface area contributed by atoms with Crippen molar-refractivity contribution in [3.63, 3.8) is 0 Å². The average Bonchev–Trinajstić information content (AvgIpc) is 2.48. The third-order valence-corrected chi connectivity index (χ3v) is 4.82. The van der Waals surface area contributed by atoms with E-state index < -0.39 is 0 Å². The fourth-order valence-corrected chi connectivity index (χ4v) is 3.19. The van der Waals surface area contributed by atoms with E-state index in [1.807, 2.05) is 19.0 Å². The lowest BCUT2D eigenvalue weighted by Crippen LogP contribution is -2.51. The zero-order valence-electron chi connectivity index (χ0n) is 11.8. The lowest BCUT2D eigenvalue weighted by atomic mass is 9.89. The molecule has 5 heteroatoms. The fourth-order valence-electron chi connectivity index (χ4n) is 2.89. The van der Waals surface area contributed by atoms with Crippen LogP contribution in [0.2, 0.25) is 10.0 Å². The Hall–Kier alpha value is -0.770. The molecular weight excluding hydrogens is 295 g/mol. The highest BCUT2D eigenvalue weighted by Crippen LogP contribution is 2.26. The van der Waals surface area contributed by atoms with Crippen LogP contribution in [0.4, 0.5) is 0 Å². The molecule has 2 rings (SSSR count). The molecule has 110 valence electrons. The van der Waals surface area contributed by atoms with Gasteiger partial charge >= 0.3 is 0 Å². The van der Waals surface area contributed by atoms with Crippen LogP contribution >= 0.6 is 23.2 Å². The Morgan fingerprint density at radius 3 is 2.60 bits per heavy atom. The van der Waals surface area contributed by atoms with Crippen molar-refractivity contribution in [2.75, 3.05) is 14.1 Å². The summed E-state index contributed by atoms with van der Waals surface area (Å²) >= 11 is 11.9. The second-order valence-electron chi connectivity index (χ2n) is 5.29. The Morgan fingerprint density at radius 2 is 1.95 bits per heavy atom. The van der Waals surface area contributed by atoms with Gasteiger partial charge < -0.3 is 10.2 Å². The molecule has 1 aliphatic carbocycles. The fraction of sp³-hybridized carbons (Fsp3) is 0.533. The largest absolute Gasteiger partial charge is 0.337 e. The number of likely N-dealkylation sites (N-methyl/N-ethyl adjacent to an activating group) is 2. The van der Waals surface area contributed by atoms with Gasteiger partial charge in [0.05, 0.1) is 10.0 Å². The van der Waals surface area contributed by atoms with Crippen molar-refractivity contribution in [3.05, 3.63) is 33.8 Å². The van der Waals surface area contributed by atoms with E-state index in [0.717, 1.165) is 12.8 Å². The maximum Gasteiger partial charge on any atom is 0.253 e.